The van der Waals surface area contributed by atoms with Crippen LogP contribution in [0, 0.1) is 5.92 Å². The summed E-state index contributed by atoms with van der Waals surface area (Å²) < 4.78 is 38.2. The summed E-state index contributed by atoms with van der Waals surface area (Å²) in [5.74, 6) is 1.10. The van der Waals surface area contributed by atoms with Gasteiger partial charge in [-0.1, -0.05) is 11.6 Å². The summed E-state index contributed by atoms with van der Waals surface area (Å²) in [6.07, 6.45) is -1.50. The number of nitrogens with zero attached hydrogens (tertiary/aromatic N) is 4. The van der Waals surface area contributed by atoms with Crippen LogP contribution in [0.4, 0.5) is 19.0 Å². The number of anilines is 1. The Morgan fingerprint density at radius 2 is 1.76 bits per heavy atom. The maximum Gasteiger partial charge on any atom is 0.417 e. The second kappa shape index (κ2) is 7.68. The van der Waals surface area contributed by atoms with Crippen LogP contribution in [0.25, 0.3) is 0 Å². The Labute approximate surface area is 151 Å². The molecule has 140 valence electrons. The fourth-order valence-corrected chi connectivity index (χ4v) is 3.83. The van der Waals surface area contributed by atoms with Gasteiger partial charge in [0.25, 0.3) is 0 Å². The minimum Gasteiger partial charge on any atom is -0.355 e. The molecule has 25 heavy (non-hydrogen) atoms. The van der Waals surface area contributed by atoms with Crippen molar-refractivity contribution in [1.29, 1.82) is 0 Å². The molecule has 4 nitrogen and oxygen atoms in total. The van der Waals surface area contributed by atoms with Crippen LogP contribution >= 0.6 is 11.6 Å². The van der Waals surface area contributed by atoms with Crippen LogP contribution in [-0.2, 0) is 6.18 Å². The maximum atomic E-state index is 12.7. The first-order valence-corrected chi connectivity index (χ1v) is 9.09. The third-order valence-corrected chi connectivity index (χ3v) is 5.45. The topological polar surface area (TPSA) is 22.6 Å². The van der Waals surface area contributed by atoms with E-state index in [0.29, 0.717) is 11.7 Å². The molecule has 2 aliphatic heterocycles. The molecule has 0 aliphatic carbocycles. The van der Waals surface area contributed by atoms with Crippen molar-refractivity contribution in [2.75, 3.05) is 57.8 Å². The fourth-order valence-electron chi connectivity index (χ4n) is 3.54. The van der Waals surface area contributed by atoms with Gasteiger partial charge in [-0.25, -0.2) is 4.98 Å². The van der Waals surface area contributed by atoms with Crippen molar-refractivity contribution < 1.29 is 13.2 Å². The molecule has 2 saturated heterocycles. The highest BCUT2D eigenvalue weighted by atomic mass is 35.5. The van der Waals surface area contributed by atoms with Gasteiger partial charge in [0.2, 0.25) is 0 Å². The zero-order valence-electron chi connectivity index (χ0n) is 14.4. The number of hydrogen-bond donors (Lipinski definition) is 0. The molecule has 0 saturated carbocycles. The standard InChI is InChI=1S/C17H24ClF3N4/c1-23-6-8-24(9-7-23)12-13-2-4-25(5-3-13)16-15(18)10-14(11-22-16)17(19,20)21/h10-11,13H,2-9,12H2,1H3. The maximum absolute atomic E-state index is 12.7. The first-order chi connectivity index (χ1) is 11.8. The van der Waals surface area contributed by atoms with Crippen molar-refractivity contribution >= 4 is 17.4 Å². The molecule has 1 aromatic rings. The zero-order valence-corrected chi connectivity index (χ0v) is 15.2. The lowest BCUT2D eigenvalue weighted by Gasteiger charge is -2.38. The van der Waals surface area contributed by atoms with Crippen LogP contribution in [0.3, 0.4) is 0 Å². The minimum atomic E-state index is -4.41. The number of likely N-dealkylation sites (N-methyl/N-ethyl adjacent to an activating group) is 1. The number of aromatic nitrogens is 1. The van der Waals surface area contributed by atoms with E-state index >= 15 is 0 Å². The Bertz CT molecular complexity index is 580. The van der Waals surface area contributed by atoms with Crippen molar-refractivity contribution in [1.82, 2.24) is 14.8 Å². The number of hydrogen-bond acceptors (Lipinski definition) is 4. The SMILES string of the molecule is CN1CCN(CC2CCN(c3ncc(C(F)(F)F)cc3Cl)CC2)CC1. The van der Waals surface area contributed by atoms with E-state index in [1.807, 2.05) is 4.90 Å². The number of piperidine rings is 1. The van der Waals surface area contributed by atoms with Crippen molar-refractivity contribution in [3.63, 3.8) is 0 Å². The second-order valence-electron chi connectivity index (χ2n) is 7.06. The normalized spacial score (nSPS) is 21.7. The predicted octanol–water partition coefficient (Wildman–Crippen LogP) is 3.22. The van der Waals surface area contributed by atoms with Crippen molar-refractivity contribution in [2.45, 2.75) is 19.0 Å². The van der Waals surface area contributed by atoms with Crippen molar-refractivity contribution in [2.24, 2.45) is 5.92 Å². The summed E-state index contributed by atoms with van der Waals surface area (Å²) >= 11 is 6.06. The Kier molecular flexibility index (Phi) is 5.75. The molecule has 3 rings (SSSR count). The Balaban J connectivity index is 1.54. The van der Waals surface area contributed by atoms with E-state index in [9.17, 15) is 13.2 Å². The summed E-state index contributed by atoms with van der Waals surface area (Å²) in [5, 5.41) is 0.0762. The largest absolute Gasteiger partial charge is 0.417 e. The Morgan fingerprint density at radius 1 is 1.12 bits per heavy atom. The van der Waals surface area contributed by atoms with Gasteiger partial charge in [-0.15, -0.1) is 0 Å². The third kappa shape index (κ3) is 4.77. The third-order valence-electron chi connectivity index (χ3n) is 5.18. The lowest BCUT2D eigenvalue weighted by Crippen LogP contribution is -2.47. The first kappa shape index (κ1) is 18.7. The lowest BCUT2D eigenvalue weighted by atomic mass is 9.96. The molecule has 0 N–H and O–H groups in total. The summed E-state index contributed by atoms with van der Waals surface area (Å²) in [4.78, 5) is 10.8. The number of piperazine rings is 1. The van der Waals surface area contributed by atoms with Gasteiger partial charge in [-0.05, 0) is 31.9 Å². The molecule has 0 atom stereocenters. The molecule has 8 heteroatoms. The highest BCUT2D eigenvalue weighted by Crippen LogP contribution is 2.34. The summed E-state index contributed by atoms with van der Waals surface area (Å²) in [7, 11) is 2.15. The van der Waals surface area contributed by atoms with E-state index in [1.54, 1.807) is 0 Å². The van der Waals surface area contributed by atoms with Gasteiger partial charge in [-0.2, -0.15) is 13.2 Å². The molecule has 0 aromatic carbocycles. The average Bonchev–Trinajstić information content (AvgIpc) is 2.57. The molecule has 3 heterocycles. The molecule has 0 radical (unpaired) electrons. The van der Waals surface area contributed by atoms with Crippen LogP contribution in [0.15, 0.2) is 12.3 Å². The van der Waals surface area contributed by atoms with Crippen LogP contribution in [0.5, 0.6) is 0 Å². The van der Waals surface area contributed by atoms with E-state index < -0.39 is 11.7 Å². The van der Waals surface area contributed by atoms with Gasteiger partial charge in [0.15, 0.2) is 0 Å². The molecule has 0 bridgehead atoms. The smallest absolute Gasteiger partial charge is 0.355 e. The number of rotatable bonds is 3. The molecule has 0 amide bonds. The van der Waals surface area contributed by atoms with Crippen LogP contribution in [-0.4, -0.2) is 67.6 Å². The van der Waals surface area contributed by atoms with E-state index in [0.717, 1.165) is 70.9 Å². The van der Waals surface area contributed by atoms with Gasteiger partial charge in [-0.3, -0.25) is 0 Å². The van der Waals surface area contributed by atoms with Crippen molar-refractivity contribution in [3.8, 4) is 0 Å². The molecule has 1 aromatic heterocycles. The van der Waals surface area contributed by atoms with Crippen molar-refractivity contribution in [3.05, 3.63) is 22.8 Å². The zero-order chi connectivity index (χ0) is 18.0. The van der Waals surface area contributed by atoms with Crippen LogP contribution < -0.4 is 4.90 Å². The van der Waals surface area contributed by atoms with Gasteiger partial charge in [0.05, 0.1) is 10.6 Å². The lowest BCUT2D eigenvalue weighted by molar-refractivity contribution is -0.137. The minimum absolute atomic E-state index is 0.0762. The predicted molar refractivity (Wildman–Crippen MR) is 93.1 cm³/mol. The van der Waals surface area contributed by atoms with Crippen LogP contribution in [0.1, 0.15) is 18.4 Å². The van der Waals surface area contributed by atoms with Gasteiger partial charge >= 0.3 is 6.18 Å². The first-order valence-electron chi connectivity index (χ1n) is 8.71. The second-order valence-corrected chi connectivity index (χ2v) is 7.47. The van der Waals surface area contributed by atoms with E-state index in [1.165, 1.54) is 0 Å². The van der Waals surface area contributed by atoms with E-state index in [2.05, 4.69) is 21.8 Å². The highest BCUT2D eigenvalue weighted by molar-refractivity contribution is 6.33. The molecule has 2 fully saturated rings. The van der Waals surface area contributed by atoms with E-state index in [4.69, 9.17) is 11.6 Å². The Hall–Kier alpha value is -1.05. The summed E-state index contributed by atoms with van der Waals surface area (Å²) in [6.45, 7) is 7.14. The average molecular weight is 377 g/mol. The van der Waals surface area contributed by atoms with E-state index in [-0.39, 0.29) is 5.02 Å². The van der Waals surface area contributed by atoms with Gasteiger partial charge in [0.1, 0.15) is 5.82 Å². The number of alkyl halides is 3. The quantitative estimate of drug-likeness (QED) is 0.807. The van der Waals surface area contributed by atoms with Crippen LogP contribution in [0.2, 0.25) is 5.02 Å². The molecular weight excluding hydrogens is 353 g/mol. The molecule has 0 spiro atoms. The number of pyridine rings is 1. The summed E-state index contributed by atoms with van der Waals surface area (Å²) in [5.41, 5.74) is -0.800. The highest BCUT2D eigenvalue weighted by Gasteiger charge is 2.32. The summed E-state index contributed by atoms with van der Waals surface area (Å²) in [6, 6.07) is 0.972. The fraction of sp³-hybridized carbons (Fsp3) is 0.706. The molecule has 2 aliphatic rings. The monoisotopic (exact) mass is 376 g/mol. The molecular formula is C17H24ClF3N4. The molecule has 0 unspecified atom stereocenters. The Morgan fingerprint density at radius 3 is 2.32 bits per heavy atom. The van der Waals surface area contributed by atoms with Gasteiger partial charge < -0.3 is 14.7 Å². The number of halogens is 4. The van der Waals surface area contributed by atoms with Gasteiger partial charge in [0, 0.05) is 52.0 Å².